The number of halogens is 1. The van der Waals surface area contributed by atoms with Gasteiger partial charge in [0.05, 0.1) is 12.6 Å². The van der Waals surface area contributed by atoms with Gasteiger partial charge in [0.25, 0.3) is 0 Å². The number of rotatable bonds is 5. The normalized spacial score (nSPS) is 13.2. The molecule has 2 nitrogen and oxygen atoms in total. The van der Waals surface area contributed by atoms with Gasteiger partial charge in [-0.1, -0.05) is 6.92 Å². The zero-order valence-electron chi connectivity index (χ0n) is 7.59. The first kappa shape index (κ1) is 11.2. The Hall–Kier alpha value is 0.1000. The van der Waals surface area contributed by atoms with Crippen molar-refractivity contribution in [1.82, 2.24) is 5.32 Å². The van der Waals surface area contributed by atoms with Crippen LogP contribution in [0.25, 0.3) is 0 Å². The number of thiophene rings is 1. The molecular formula is C9H14BrNOS. The SMILES string of the molecule is CCCNC(CO)c1cc(Br)cs1. The highest BCUT2D eigenvalue weighted by Gasteiger charge is 2.10. The van der Waals surface area contributed by atoms with Crippen LogP contribution in [-0.2, 0) is 0 Å². The topological polar surface area (TPSA) is 32.3 Å². The van der Waals surface area contributed by atoms with Crippen LogP contribution in [-0.4, -0.2) is 18.3 Å². The van der Waals surface area contributed by atoms with Crippen LogP contribution >= 0.6 is 27.3 Å². The smallest absolute Gasteiger partial charge is 0.0650 e. The van der Waals surface area contributed by atoms with Crippen LogP contribution in [0.4, 0.5) is 0 Å². The fourth-order valence-electron chi connectivity index (χ4n) is 1.08. The van der Waals surface area contributed by atoms with E-state index in [1.54, 1.807) is 11.3 Å². The molecule has 0 aliphatic heterocycles. The highest BCUT2D eigenvalue weighted by atomic mass is 79.9. The van der Waals surface area contributed by atoms with E-state index in [0.717, 1.165) is 17.4 Å². The average Bonchev–Trinajstić information content (AvgIpc) is 2.54. The van der Waals surface area contributed by atoms with E-state index >= 15 is 0 Å². The van der Waals surface area contributed by atoms with Crippen LogP contribution in [0.3, 0.4) is 0 Å². The summed E-state index contributed by atoms with van der Waals surface area (Å²) in [5, 5.41) is 14.5. The van der Waals surface area contributed by atoms with Crippen molar-refractivity contribution >= 4 is 27.3 Å². The van der Waals surface area contributed by atoms with Gasteiger partial charge in [-0.25, -0.2) is 0 Å². The summed E-state index contributed by atoms with van der Waals surface area (Å²) in [5.41, 5.74) is 0. The van der Waals surface area contributed by atoms with E-state index in [1.165, 1.54) is 4.88 Å². The Bertz CT molecular complexity index is 252. The van der Waals surface area contributed by atoms with Gasteiger partial charge in [-0.2, -0.15) is 0 Å². The molecule has 0 fully saturated rings. The monoisotopic (exact) mass is 263 g/mol. The molecule has 1 heterocycles. The van der Waals surface area contributed by atoms with Gasteiger partial charge in [0, 0.05) is 14.7 Å². The largest absolute Gasteiger partial charge is 0.394 e. The highest BCUT2D eigenvalue weighted by molar-refractivity contribution is 9.10. The minimum atomic E-state index is 0.0937. The minimum Gasteiger partial charge on any atom is -0.394 e. The summed E-state index contributed by atoms with van der Waals surface area (Å²) in [5.74, 6) is 0. The third-order valence-electron chi connectivity index (χ3n) is 1.75. The molecule has 1 unspecified atom stereocenters. The van der Waals surface area contributed by atoms with E-state index < -0.39 is 0 Å². The summed E-state index contributed by atoms with van der Waals surface area (Å²) < 4.78 is 1.09. The lowest BCUT2D eigenvalue weighted by Crippen LogP contribution is -2.24. The first-order chi connectivity index (χ1) is 6.27. The van der Waals surface area contributed by atoms with Gasteiger partial charge in [0.1, 0.15) is 0 Å². The predicted octanol–water partition coefficient (Wildman–Crippen LogP) is 2.54. The lowest BCUT2D eigenvalue weighted by molar-refractivity contribution is 0.246. The highest BCUT2D eigenvalue weighted by Crippen LogP contribution is 2.25. The summed E-state index contributed by atoms with van der Waals surface area (Å²) in [6, 6.07) is 2.14. The van der Waals surface area contributed by atoms with Crippen LogP contribution in [0.15, 0.2) is 15.9 Å². The number of aliphatic hydroxyl groups excluding tert-OH is 1. The van der Waals surface area contributed by atoms with E-state index in [-0.39, 0.29) is 12.6 Å². The number of nitrogens with one attached hydrogen (secondary N) is 1. The molecule has 0 radical (unpaired) electrons. The van der Waals surface area contributed by atoms with Crippen molar-refractivity contribution in [2.75, 3.05) is 13.2 Å². The van der Waals surface area contributed by atoms with Crippen molar-refractivity contribution in [1.29, 1.82) is 0 Å². The van der Waals surface area contributed by atoms with Crippen molar-refractivity contribution < 1.29 is 5.11 Å². The molecule has 2 N–H and O–H groups in total. The molecular weight excluding hydrogens is 250 g/mol. The first-order valence-electron chi connectivity index (χ1n) is 4.36. The van der Waals surface area contributed by atoms with Crippen molar-refractivity contribution in [2.24, 2.45) is 0 Å². The Morgan fingerprint density at radius 1 is 1.69 bits per heavy atom. The van der Waals surface area contributed by atoms with Crippen molar-refractivity contribution in [3.8, 4) is 0 Å². The van der Waals surface area contributed by atoms with E-state index in [9.17, 15) is 0 Å². The second kappa shape index (κ2) is 5.75. The third kappa shape index (κ3) is 3.38. The Labute approximate surface area is 91.1 Å². The molecule has 1 rings (SSSR count). The van der Waals surface area contributed by atoms with Gasteiger partial charge in [0.15, 0.2) is 0 Å². The molecule has 0 bridgehead atoms. The molecule has 0 aliphatic rings. The Morgan fingerprint density at radius 3 is 2.92 bits per heavy atom. The first-order valence-corrected chi connectivity index (χ1v) is 6.03. The maximum atomic E-state index is 9.14. The fourth-order valence-corrected chi connectivity index (χ4v) is 2.60. The lowest BCUT2D eigenvalue weighted by Gasteiger charge is -2.13. The van der Waals surface area contributed by atoms with Gasteiger partial charge in [0.2, 0.25) is 0 Å². The lowest BCUT2D eigenvalue weighted by atomic mass is 10.2. The summed E-state index contributed by atoms with van der Waals surface area (Å²) in [6.45, 7) is 3.22. The average molecular weight is 264 g/mol. The quantitative estimate of drug-likeness (QED) is 0.856. The minimum absolute atomic E-state index is 0.0937. The molecule has 1 atom stereocenters. The predicted molar refractivity (Wildman–Crippen MR) is 60.1 cm³/mol. The van der Waals surface area contributed by atoms with Crippen molar-refractivity contribution in [3.05, 3.63) is 20.8 Å². The molecule has 0 aliphatic carbocycles. The van der Waals surface area contributed by atoms with Crippen LogP contribution in [0.2, 0.25) is 0 Å². The maximum absolute atomic E-state index is 9.14. The van der Waals surface area contributed by atoms with Crippen molar-refractivity contribution in [3.63, 3.8) is 0 Å². The van der Waals surface area contributed by atoms with Gasteiger partial charge in [-0.05, 0) is 35.0 Å². The zero-order valence-corrected chi connectivity index (χ0v) is 9.99. The van der Waals surface area contributed by atoms with Gasteiger partial charge in [-0.15, -0.1) is 11.3 Å². The number of hydrogen-bond acceptors (Lipinski definition) is 3. The van der Waals surface area contributed by atoms with Gasteiger partial charge < -0.3 is 10.4 Å². The molecule has 0 saturated heterocycles. The van der Waals surface area contributed by atoms with E-state index in [2.05, 4.69) is 28.2 Å². The second-order valence-electron chi connectivity index (χ2n) is 2.86. The van der Waals surface area contributed by atoms with Crippen molar-refractivity contribution in [2.45, 2.75) is 19.4 Å². The number of aliphatic hydroxyl groups is 1. The van der Waals surface area contributed by atoms with Gasteiger partial charge >= 0.3 is 0 Å². The molecule has 4 heteroatoms. The maximum Gasteiger partial charge on any atom is 0.0650 e. The zero-order chi connectivity index (χ0) is 9.68. The molecule has 0 amide bonds. The number of hydrogen-bond donors (Lipinski definition) is 2. The van der Waals surface area contributed by atoms with Gasteiger partial charge in [-0.3, -0.25) is 0 Å². The standard InChI is InChI=1S/C9H14BrNOS/c1-2-3-11-8(5-12)9-4-7(10)6-13-9/h4,6,8,11-12H,2-3,5H2,1H3. The summed E-state index contributed by atoms with van der Waals surface area (Å²) >= 11 is 5.06. The van der Waals surface area contributed by atoms with E-state index in [4.69, 9.17) is 5.11 Å². The molecule has 0 spiro atoms. The molecule has 0 aromatic carbocycles. The molecule has 1 aromatic rings. The fraction of sp³-hybridized carbons (Fsp3) is 0.556. The second-order valence-corrected chi connectivity index (χ2v) is 4.72. The van der Waals surface area contributed by atoms with Crippen LogP contribution in [0, 0.1) is 0 Å². The van der Waals surface area contributed by atoms with Crippen LogP contribution < -0.4 is 5.32 Å². The van der Waals surface area contributed by atoms with E-state index in [0.29, 0.717) is 0 Å². The molecule has 1 aromatic heterocycles. The Kier molecular flexibility index (Phi) is 4.94. The van der Waals surface area contributed by atoms with E-state index in [1.807, 2.05) is 11.4 Å². The Balaban J connectivity index is 2.56. The summed E-state index contributed by atoms with van der Waals surface area (Å²) in [4.78, 5) is 1.18. The molecule has 74 valence electrons. The summed E-state index contributed by atoms with van der Waals surface area (Å²) in [7, 11) is 0. The van der Waals surface area contributed by atoms with Crippen LogP contribution in [0.5, 0.6) is 0 Å². The summed E-state index contributed by atoms with van der Waals surface area (Å²) in [6.07, 6.45) is 1.09. The Morgan fingerprint density at radius 2 is 2.46 bits per heavy atom. The van der Waals surface area contributed by atoms with Crippen LogP contribution in [0.1, 0.15) is 24.3 Å². The third-order valence-corrected chi connectivity index (χ3v) is 3.56. The molecule has 13 heavy (non-hydrogen) atoms. The molecule has 0 saturated carbocycles.